The zero-order chi connectivity index (χ0) is 23.3. The highest BCUT2D eigenvalue weighted by atomic mass is 19.4. The van der Waals surface area contributed by atoms with Gasteiger partial charge in [0.05, 0.1) is 28.2 Å². The van der Waals surface area contributed by atoms with E-state index in [9.17, 15) is 22.8 Å². The Labute approximate surface area is 180 Å². The van der Waals surface area contributed by atoms with Gasteiger partial charge < -0.3 is 11.1 Å². The standard InChI is InChI=1S/C21H19F3N6O2/c1-20(2)9-14-16(15(31)10-20)17(21(22,23)24)29-30(14)11-4-5-12(18(25)32)13(8-11)28-19-26-6-3-7-27-19/h3-8H,9-10H2,1-2H3,(H2,25,32)(H,26,27,28). The van der Waals surface area contributed by atoms with Gasteiger partial charge in [0.1, 0.15) is 0 Å². The summed E-state index contributed by atoms with van der Waals surface area (Å²) < 4.78 is 42.2. The van der Waals surface area contributed by atoms with Gasteiger partial charge in [-0.05, 0) is 36.1 Å². The van der Waals surface area contributed by atoms with Crippen molar-refractivity contribution in [2.24, 2.45) is 11.1 Å². The third-order valence-corrected chi connectivity index (χ3v) is 5.14. The molecule has 3 aromatic rings. The van der Waals surface area contributed by atoms with E-state index in [2.05, 4.69) is 20.4 Å². The second kappa shape index (κ2) is 7.43. The van der Waals surface area contributed by atoms with Crippen LogP contribution in [-0.4, -0.2) is 31.4 Å². The Kier molecular flexibility index (Phi) is 4.99. The van der Waals surface area contributed by atoms with Crippen molar-refractivity contribution in [3.63, 3.8) is 0 Å². The molecule has 0 fully saturated rings. The molecule has 0 spiro atoms. The Morgan fingerprint density at radius 1 is 1.19 bits per heavy atom. The molecule has 0 saturated heterocycles. The van der Waals surface area contributed by atoms with E-state index in [1.807, 2.05) is 13.8 Å². The number of hydrogen-bond acceptors (Lipinski definition) is 6. The van der Waals surface area contributed by atoms with Gasteiger partial charge in [-0.1, -0.05) is 13.8 Å². The molecule has 1 aliphatic rings. The summed E-state index contributed by atoms with van der Waals surface area (Å²) in [5, 5.41) is 6.62. The largest absolute Gasteiger partial charge is 0.435 e. The van der Waals surface area contributed by atoms with Crippen molar-refractivity contribution < 1.29 is 22.8 Å². The van der Waals surface area contributed by atoms with E-state index in [1.54, 1.807) is 6.07 Å². The summed E-state index contributed by atoms with van der Waals surface area (Å²) in [6.07, 6.45) is -1.61. The van der Waals surface area contributed by atoms with Gasteiger partial charge in [0, 0.05) is 18.8 Å². The molecular formula is C21H19F3N6O2. The second-order valence-electron chi connectivity index (χ2n) is 8.31. The van der Waals surface area contributed by atoms with E-state index in [4.69, 9.17) is 5.73 Å². The van der Waals surface area contributed by atoms with Gasteiger partial charge in [0.25, 0.3) is 5.91 Å². The molecule has 32 heavy (non-hydrogen) atoms. The Bertz CT molecular complexity index is 1220. The van der Waals surface area contributed by atoms with Crippen molar-refractivity contribution in [1.82, 2.24) is 19.7 Å². The number of ketones is 1. The lowest BCUT2D eigenvalue weighted by atomic mass is 9.75. The SMILES string of the molecule is CC1(C)CC(=O)c2c(C(F)(F)F)nn(-c3ccc(C(N)=O)c(Nc4ncccn4)c3)c2C1. The van der Waals surface area contributed by atoms with Crippen molar-refractivity contribution in [1.29, 1.82) is 0 Å². The number of alkyl halides is 3. The molecule has 1 aliphatic carbocycles. The maximum Gasteiger partial charge on any atom is 0.435 e. The van der Waals surface area contributed by atoms with Crippen LogP contribution in [0.4, 0.5) is 24.8 Å². The zero-order valence-corrected chi connectivity index (χ0v) is 17.2. The molecule has 4 rings (SSSR count). The molecule has 11 heteroatoms. The number of halogens is 3. The number of nitrogens with two attached hydrogens (primary N) is 1. The third-order valence-electron chi connectivity index (χ3n) is 5.14. The number of fused-ring (bicyclic) bond motifs is 1. The van der Waals surface area contributed by atoms with E-state index in [-0.39, 0.29) is 41.4 Å². The van der Waals surface area contributed by atoms with Crippen molar-refractivity contribution in [2.75, 3.05) is 5.32 Å². The molecule has 0 aliphatic heterocycles. The molecule has 1 amide bonds. The summed E-state index contributed by atoms with van der Waals surface area (Å²) in [7, 11) is 0. The summed E-state index contributed by atoms with van der Waals surface area (Å²) in [4.78, 5) is 32.5. The van der Waals surface area contributed by atoms with Crippen LogP contribution in [0, 0.1) is 5.41 Å². The molecule has 0 saturated carbocycles. The maximum atomic E-state index is 13.7. The van der Waals surface area contributed by atoms with E-state index >= 15 is 0 Å². The molecule has 0 atom stereocenters. The Morgan fingerprint density at radius 3 is 2.50 bits per heavy atom. The Balaban J connectivity index is 1.89. The fourth-order valence-corrected chi connectivity index (χ4v) is 3.83. The first-order valence-corrected chi connectivity index (χ1v) is 9.67. The van der Waals surface area contributed by atoms with Crippen LogP contribution in [0.5, 0.6) is 0 Å². The minimum atomic E-state index is -4.79. The predicted molar refractivity (Wildman–Crippen MR) is 109 cm³/mol. The van der Waals surface area contributed by atoms with Crippen LogP contribution in [0.25, 0.3) is 5.69 Å². The molecule has 8 nitrogen and oxygen atoms in total. The monoisotopic (exact) mass is 444 g/mol. The van der Waals surface area contributed by atoms with Gasteiger partial charge in [0.2, 0.25) is 5.95 Å². The quantitative estimate of drug-likeness (QED) is 0.634. The fourth-order valence-electron chi connectivity index (χ4n) is 3.83. The van der Waals surface area contributed by atoms with Crippen LogP contribution < -0.4 is 11.1 Å². The van der Waals surface area contributed by atoms with Gasteiger partial charge in [-0.15, -0.1) is 0 Å². The molecule has 2 heterocycles. The lowest BCUT2D eigenvalue weighted by molar-refractivity contribution is -0.141. The fraction of sp³-hybridized carbons (Fsp3) is 0.286. The average molecular weight is 444 g/mol. The summed E-state index contributed by atoms with van der Waals surface area (Å²) >= 11 is 0. The smallest absolute Gasteiger partial charge is 0.366 e. The third kappa shape index (κ3) is 3.93. The van der Waals surface area contributed by atoms with Gasteiger partial charge in [0.15, 0.2) is 11.5 Å². The van der Waals surface area contributed by atoms with Gasteiger partial charge in [-0.3, -0.25) is 9.59 Å². The number of benzene rings is 1. The highest BCUT2D eigenvalue weighted by molar-refractivity contribution is 6.01. The normalized spacial score (nSPS) is 15.3. The summed E-state index contributed by atoms with van der Waals surface area (Å²) in [6.45, 7) is 3.63. The number of rotatable bonds is 4. The van der Waals surface area contributed by atoms with E-state index < -0.39 is 34.5 Å². The van der Waals surface area contributed by atoms with Gasteiger partial charge >= 0.3 is 6.18 Å². The number of Topliss-reactive ketones (excluding diaryl/α,β-unsaturated/α-hetero) is 1. The number of anilines is 2. The van der Waals surface area contributed by atoms with Crippen LogP contribution in [0.15, 0.2) is 36.7 Å². The predicted octanol–water partition coefficient (Wildman–Crippen LogP) is 3.68. The average Bonchev–Trinajstić information content (AvgIpc) is 3.07. The number of aromatic nitrogens is 4. The molecule has 166 valence electrons. The molecule has 0 radical (unpaired) electrons. The van der Waals surface area contributed by atoms with E-state index in [0.717, 1.165) is 4.68 Å². The Hall–Kier alpha value is -3.76. The Morgan fingerprint density at radius 2 is 1.88 bits per heavy atom. The lowest BCUT2D eigenvalue weighted by Crippen LogP contribution is -2.29. The number of carbonyl (C=O) groups excluding carboxylic acids is 2. The summed E-state index contributed by atoms with van der Waals surface area (Å²) in [5.74, 6) is -1.17. The molecule has 2 aromatic heterocycles. The molecular weight excluding hydrogens is 425 g/mol. The van der Waals surface area contributed by atoms with Gasteiger partial charge in [-0.25, -0.2) is 14.6 Å². The van der Waals surface area contributed by atoms with Crippen molar-refractivity contribution in [2.45, 2.75) is 32.9 Å². The van der Waals surface area contributed by atoms with Crippen molar-refractivity contribution >= 4 is 23.3 Å². The van der Waals surface area contributed by atoms with Crippen LogP contribution in [-0.2, 0) is 12.6 Å². The number of nitrogens with zero attached hydrogens (tertiary/aromatic N) is 4. The number of nitrogens with one attached hydrogen (secondary N) is 1. The minimum absolute atomic E-state index is 0.00641. The van der Waals surface area contributed by atoms with Crippen LogP contribution in [0.1, 0.15) is 52.4 Å². The lowest BCUT2D eigenvalue weighted by Gasteiger charge is -2.29. The first-order chi connectivity index (χ1) is 15.0. The minimum Gasteiger partial charge on any atom is -0.366 e. The second-order valence-corrected chi connectivity index (χ2v) is 8.31. The van der Waals surface area contributed by atoms with Crippen molar-refractivity contribution in [3.8, 4) is 5.69 Å². The summed E-state index contributed by atoms with van der Waals surface area (Å²) in [5.41, 5.74) is 3.98. The molecule has 0 bridgehead atoms. The maximum absolute atomic E-state index is 13.7. The van der Waals surface area contributed by atoms with E-state index in [0.29, 0.717) is 0 Å². The number of amides is 1. The summed E-state index contributed by atoms with van der Waals surface area (Å²) in [6, 6.07) is 5.83. The van der Waals surface area contributed by atoms with Crippen LogP contribution >= 0.6 is 0 Å². The zero-order valence-electron chi connectivity index (χ0n) is 17.2. The number of primary amides is 1. The topological polar surface area (TPSA) is 116 Å². The molecule has 1 aromatic carbocycles. The highest BCUT2D eigenvalue weighted by Gasteiger charge is 2.45. The first-order valence-electron chi connectivity index (χ1n) is 9.67. The molecule has 0 unspecified atom stereocenters. The number of hydrogen-bond donors (Lipinski definition) is 2. The van der Waals surface area contributed by atoms with Crippen molar-refractivity contribution in [3.05, 3.63) is 59.2 Å². The van der Waals surface area contributed by atoms with Crippen LogP contribution in [0.3, 0.4) is 0 Å². The van der Waals surface area contributed by atoms with Gasteiger partial charge in [-0.2, -0.15) is 18.3 Å². The van der Waals surface area contributed by atoms with Crippen LogP contribution in [0.2, 0.25) is 0 Å². The molecule has 3 N–H and O–H groups in total. The highest BCUT2D eigenvalue weighted by Crippen LogP contribution is 2.42. The van der Waals surface area contributed by atoms with E-state index in [1.165, 1.54) is 30.6 Å². The number of carbonyl (C=O) groups is 2. The first kappa shape index (κ1) is 21.5.